The molecule has 0 amide bonds. The zero-order valence-corrected chi connectivity index (χ0v) is 9.32. The van der Waals surface area contributed by atoms with E-state index in [0.29, 0.717) is 16.1 Å². The number of carboxylic acids is 1. The molecule has 0 saturated heterocycles. The monoisotopic (exact) mass is 246 g/mol. The maximum absolute atomic E-state index is 11.1. The predicted molar refractivity (Wildman–Crippen MR) is 62.9 cm³/mol. The molecule has 1 heterocycles. The molecule has 0 atom stereocenters. The Labute approximate surface area is 102 Å². The topological polar surface area (TPSA) is 76.9 Å². The first kappa shape index (κ1) is 11.2. The number of carbonyl (C=O) groups is 1. The number of aromatic amines is 1. The molecule has 84 valence electrons. The van der Waals surface area contributed by atoms with Crippen LogP contribution in [0.4, 0.5) is 0 Å². The fourth-order valence-corrected chi connectivity index (χ4v) is 1.85. The lowest BCUT2D eigenvalue weighted by Crippen LogP contribution is -1.99. The van der Waals surface area contributed by atoms with E-state index in [0.717, 1.165) is 0 Å². The summed E-state index contributed by atoms with van der Waals surface area (Å²) >= 11 is 6.01. The third-order valence-electron chi connectivity index (χ3n) is 2.36. The summed E-state index contributed by atoms with van der Waals surface area (Å²) < 4.78 is 0. The van der Waals surface area contributed by atoms with Crippen molar-refractivity contribution in [3.05, 3.63) is 46.7 Å². The molecule has 0 bridgehead atoms. The number of halogens is 1. The Balaban J connectivity index is 2.74. The quantitative estimate of drug-likeness (QED) is 0.855. The Bertz CT molecular complexity index is 626. The van der Waals surface area contributed by atoms with E-state index in [9.17, 15) is 4.79 Å². The van der Waals surface area contributed by atoms with Gasteiger partial charge in [-0.1, -0.05) is 29.8 Å². The minimum absolute atomic E-state index is 0.0327. The number of nitrogens with one attached hydrogen (secondary N) is 1. The van der Waals surface area contributed by atoms with E-state index >= 15 is 0 Å². The average molecular weight is 247 g/mol. The molecule has 1 aromatic heterocycles. The first-order chi connectivity index (χ1) is 8.15. The Hall–Kier alpha value is -2.25. The second-order valence-electron chi connectivity index (χ2n) is 3.35. The molecule has 0 aliphatic carbocycles. The lowest BCUT2D eigenvalue weighted by molar-refractivity contribution is 0.0692. The maximum Gasteiger partial charge on any atom is 0.352 e. The van der Waals surface area contributed by atoms with Crippen LogP contribution >= 0.6 is 11.6 Å². The van der Waals surface area contributed by atoms with Gasteiger partial charge in [0.1, 0.15) is 11.8 Å². The van der Waals surface area contributed by atoms with Crippen molar-refractivity contribution in [2.75, 3.05) is 0 Å². The molecule has 0 radical (unpaired) electrons. The van der Waals surface area contributed by atoms with Gasteiger partial charge in [-0.05, 0) is 6.07 Å². The summed E-state index contributed by atoms with van der Waals surface area (Å²) in [7, 11) is 0. The van der Waals surface area contributed by atoms with Gasteiger partial charge >= 0.3 is 5.97 Å². The molecule has 0 aliphatic heterocycles. The molecular weight excluding hydrogens is 240 g/mol. The van der Waals surface area contributed by atoms with Crippen LogP contribution in [-0.2, 0) is 0 Å². The molecule has 0 unspecified atom stereocenters. The number of benzene rings is 1. The van der Waals surface area contributed by atoms with Crippen molar-refractivity contribution in [1.29, 1.82) is 5.26 Å². The van der Waals surface area contributed by atoms with Gasteiger partial charge in [-0.2, -0.15) is 5.26 Å². The zero-order valence-electron chi connectivity index (χ0n) is 8.57. The Kier molecular flexibility index (Phi) is 2.86. The van der Waals surface area contributed by atoms with Gasteiger partial charge in [-0.25, -0.2) is 4.79 Å². The highest BCUT2D eigenvalue weighted by molar-refractivity contribution is 6.33. The van der Waals surface area contributed by atoms with Gasteiger partial charge in [-0.3, -0.25) is 0 Å². The molecule has 0 spiro atoms. The Morgan fingerprint density at radius 2 is 2.12 bits per heavy atom. The number of nitriles is 1. The van der Waals surface area contributed by atoms with E-state index in [1.165, 1.54) is 6.20 Å². The number of hydrogen-bond acceptors (Lipinski definition) is 2. The summed E-state index contributed by atoms with van der Waals surface area (Å²) in [5.74, 6) is -1.12. The van der Waals surface area contributed by atoms with Crippen LogP contribution in [0.5, 0.6) is 0 Å². The third-order valence-corrected chi connectivity index (χ3v) is 2.69. The van der Waals surface area contributed by atoms with Crippen LogP contribution in [0.25, 0.3) is 11.1 Å². The van der Waals surface area contributed by atoms with Gasteiger partial charge in [0.25, 0.3) is 0 Å². The van der Waals surface area contributed by atoms with Crippen molar-refractivity contribution in [2.45, 2.75) is 0 Å². The summed E-state index contributed by atoms with van der Waals surface area (Å²) in [4.78, 5) is 13.6. The molecule has 4 nitrogen and oxygen atoms in total. The molecular formula is C12H7ClN2O2. The van der Waals surface area contributed by atoms with E-state index in [1.807, 2.05) is 6.07 Å². The number of H-pyrrole nitrogens is 1. The van der Waals surface area contributed by atoms with E-state index < -0.39 is 5.97 Å². The number of aromatic nitrogens is 1. The average Bonchev–Trinajstić information content (AvgIpc) is 2.73. The molecule has 17 heavy (non-hydrogen) atoms. The van der Waals surface area contributed by atoms with Crippen LogP contribution in [0, 0.1) is 11.3 Å². The molecule has 1 aromatic carbocycles. The van der Waals surface area contributed by atoms with Crippen molar-refractivity contribution in [3.63, 3.8) is 0 Å². The summed E-state index contributed by atoms with van der Waals surface area (Å²) in [6, 6.07) is 8.75. The Morgan fingerprint density at radius 1 is 1.41 bits per heavy atom. The van der Waals surface area contributed by atoms with Gasteiger partial charge in [0, 0.05) is 22.3 Å². The second-order valence-corrected chi connectivity index (χ2v) is 3.76. The molecule has 5 heteroatoms. The largest absolute Gasteiger partial charge is 0.477 e. The van der Waals surface area contributed by atoms with Gasteiger partial charge < -0.3 is 10.1 Å². The van der Waals surface area contributed by atoms with E-state index in [1.54, 1.807) is 24.3 Å². The van der Waals surface area contributed by atoms with Gasteiger partial charge in [0.15, 0.2) is 0 Å². The molecule has 2 aromatic rings. The number of carboxylic acid groups (broad SMARTS) is 1. The fraction of sp³-hybridized carbons (Fsp3) is 0. The molecule has 0 saturated carbocycles. The van der Waals surface area contributed by atoms with Crippen molar-refractivity contribution >= 4 is 17.6 Å². The number of aromatic carboxylic acids is 1. The minimum atomic E-state index is -1.12. The molecule has 2 N–H and O–H groups in total. The molecule has 0 fully saturated rings. The van der Waals surface area contributed by atoms with E-state index in [4.69, 9.17) is 22.0 Å². The SMILES string of the molecule is N#Cc1c[nH]c(C(=O)O)c1-c1ccccc1Cl. The number of hydrogen-bond donors (Lipinski definition) is 2. The van der Waals surface area contributed by atoms with Crippen molar-refractivity contribution < 1.29 is 9.90 Å². The Morgan fingerprint density at radius 3 is 2.71 bits per heavy atom. The molecule has 0 aliphatic rings. The van der Waals surface area contributed by atoms with Gasteiger partial charge in [0.2, 0.25) is 0 Å². The predicted octanol–water partition coefficient (Wildman–Crippen LogP) is 2.90. The van der Waals surface area contributed by atoms with E-state index in [-0.39, 0.29) is 11.3 Å². The second kappa shape index (κ2) is 4.32. The van der Waals surface area contributed by atoms with Gasteiger partial charge in [0.05, 0.1) is 5.56 Å². The van der Waals surface area contributed by atoms with Crippen LogP contribution in [0.3, 0.4) is 0 Å². The van der Waals surface area contributed by atoms with Crippen LogP contribution < -0.4 is 0 Å². The van der Waals surface area contributed by atoms with Crippen molar-refractivity contribution in [3.8, 4) is 17.2 Å². The molecule has 2 rings (SSSR count). The lowest BCUT2D eigenvalue weighted by Gasteiger charge is -2.04. The highest BCUT2D eigenvalue weighted by atomic mass is 35.5. The summed E-state index contributed by atoms with van der Waals surface area (Å²) in [6.07, 6.45) is 1.36. The number of nitrogens with zero attached hydrogens (tertiary/aromatic N) is 1. The summed E-state index contributed by atoms with van der Waals surface area (Å²) in [5, 5.41) is 18.4. The number of rotatable bonds is 2. The first-order valence-corrected chi connectivity index (χ1v) is 5.12. The summed E-state index contributed by atoms with van der Waals surface area (Å²) in [5.41, 5.74) is 1.08. The van der Waals surface area contributed by atoms with Crippen LogP contribution in [0.1, 0.15) is 16.1 Å². The smallest absolute Gasteiger partial charge is 0.352 e. The highest BCUT2D eigenvalue weighted by Crippen LogP contribution is 2.32. The highest BCUT2D eigenvalue weighted by Gasteiger charge is 2.19. The van der Waals surface area contributed by atoms with Gasteiger partial charge in [-0.15, -0.1) is 0 Å². The van der Waals surface area contributed by atoms with Crippen molar-refractivity contribution in [2.24, 2.45) is 0 Å². The zero-order chi connectivity index (χ0) is 12.4. The lowest BCUT2D eigenvalue weighted by atomic mass is 10.0. The third kappa shape index (κ3) is 1.88. The van der Waals surface area contributed by atoms with E-state index in [2.05, 4.69) is 4.98 Å². The minimum Gasteiger partial charge on any atom is -0.477 e. The normalized spacial score (nSPS) is 9.88. The van der Waals surface area contributed by atoms with Crippen LogP contribution in [0.2, 0.25) is 5.02 Å². The standard InChI is InChI=1S/C12H7ClN2O2/c13-9-4-2-1-3-8(9)10-7(5-14)6-15-11(10)12(16)17/h1-4,6,15H,(H,16,17). The fourth-order valence-electron chi connectivity index (χ4n) is 1.62. The first-order valence-electron chi connectivity index (χ1n) is 4.75. The maximum atomic E-state index is 11.1. The van der Waals surface area contributed by atoms with Crippen molar-refractivity contribution in [1.82, 2.24) is 4.98 Å². The van der Waals surface area contributed by atoms with Crippen LogP contribution in [0.15, 0.2) is 30.5 Å². The van der Waals surface area contributed by atoms with Crippen LogP contribution in [-0.4, -0.2) is 16.1 Å². The summed E-state index contributed by atoms with van der Waals surface area (Å²) in [6.45, 7) is 0.